The third kappa shape index (κ3) is 6.14. The zero-order chi connectivity index (χ0) is 45.2. The predicted octanol–water partition coefficient (Wildman–Crippen LogP) is 14.5. The van der Waals surface area contributed by atoms with E-state index in [1.165, 1.54) is 79.9 Å². The normalized spacial score (nSPS) is 29.6. The zero-order valence-electron chi connectivity index (χ0n) is 39.1. The average molecular weight is 896 g/mol. The summed E-state index contributed by atoms with van der Waals surface area (Å²) in [6.07, 6.45) is 43.6. The van der Waals surface area contributed by atoms with Crippen molar-refractivity contribution in [2.45, 2.75) is 81.5 Å². The second kappa shape index (κ2) is 15.8. The maximum atomic E-state index is 5.69. The highest BCUT2D eigenvalue weighted by molar-refractivity contribution is 6.20. The number of aryl methyl sites for hydroxylation is 1. The lowest BCUT2D eigenvalue weighted by molar-refractivity contribution is 0.302. The Morgan fingerprint density at radius 3 is 2.36 bits per heavy atom. The minimum absolute atomic E-state index is 0.127. The lowest BCUT2D eigenvalue weighted by atomic mass is 9.70. The van der Waals surface area contributed by atoms with Gasteiger partial charge in [0.25, 0.3) is 0 Å². The summed E-state index contributed by atoms with van der Waals surface area (Å²) >= 11 is 0. The molecule has 7 aromatic rings. The predicted molar refractivity (Wildman–Crippen MR) is 286 cm³/mol. The lowest BCUT2D eigenvalue weighted by Gasteiger charge is -2.36. The second-order valence-corrected chi connectivity index (χ2v) is 21.2. The van der Waals surface area contributed by atoms with Crippen LogP contribution in [0.5, 0.6) is 0 Å². The molecule has 8 aliphatic rings. The molecule has 10 unspecified atom stereocenters. The molecule has 2 aliphatic heterocycles. The van der Waals surface area contributed by atoms with Crippen LogP contribution in [0.3, 0.4) is 0 Å². The van der Waals surface area contributed by atoms with Gasteiger partial charge in [-0.05, 0) is 122 Å². The van der Waals surface area contributed by atoms with E-state index in [2.05, 4.69) is 203 Å². The van der Waals surface area contributed by atoms with E-state index in [1.54, 1.807) is 0 Å². The Morgan fingerprint density at radius 2 is 1.43 bits per heavy atom. The molecule has 2 aromatic heterocycles. The SMILES string of the molecule is C1=Cc2ccc3c(c2CC1)c1ccc2ccccc2c1n3C1=CCC(c2nc(N3C4C=CC(C5C=CC6C(C5)C5CC=CCC5N6c5ccccc5)=CC4C4CCC=CC43)nc3ccccc23)C=C1. The fourth-order valence-corrected chi connectivity index (χ4v) is 14.9. The molecule has 5 aromatic carbocycles. The first-order valence-corrected chi connectivity index (χ1v) is 26.0. The number of allylic oxidation sites excluding steroid dienone is 10. The highest BCUT2D eigenvalue weighted by Crippen LogP contribution is 2.52. The first kappa shape index (κ1) is 40.0. The number of benzene rings is 5. The molecule has 5 heteroatoms. The molecule has 0 saturated carbocycles. The quantitative estimate of drug-likeness (QED) is 0.161. The van der Waals surface area contributed by atoms with E-state index < -0.39 is 0 Å². The van der Waals surface area contributed by atoms with Crippen molar-refractivity contribution in [3.63, 3.8) is 0 Å². The van der Waals surface area contributed by atoms with E-state index in [-0.39, 0.29) is 18.0 Å². The maximum absolute atomic E-state index is 5.69. The topological polar surface area (TPSA) is 37.2 Å². The molecule has 6 aliphatic carbocycles. The summed E-state index contributed by atoms with van der Waals surface area (Å²) in [7, 11) is 0. The van der Waals surface area contributed by atoms with Crippen LogP contribution < -0.4 is 9.80 Å². The summed E-state index contributed by atoms with van der Waals surface area (Å²) in [6, 6.07) is 39.7. The highest BCUT2D eigenvalue weighted by atomic mass is 15.3. The summed E-state index contributed by atoms with van der Waals surface area (Å²) in [5, 5.41) is 6.48. The number of para-hydroxylation sites is 2. The van der Waals surface area contributed by atoms with Crippen molar-refractivity contribution in [2.75, 3.05) is 9.80 Å². The van der Waals surface area contributed by atoms with E-state index in [0.717, 1.165) is 54.6 Å². The Bertz CT molecular complexity index is 3500. The van der Waals surface area contributed by atoms with Crippen molar-refractivity contribution in [1.29, 1.82) is 0 Å². The van der Waals surface area contributed by atoms with Crippen LogP contribution >= 0.6 is 0 Å². The van der Waals surface area contributed by atoms with Gasteiger partial charge in [-0.3, -0.25) is 0 Å². The van der Waals surface area contributed by atoms with Gasteiger partial charge in [-0.1, -0.05) is 158 Å². The van der Waals surface area contributed by atoms with Gasteiger partial charge in [0.15, 0.2) is 0 Å². The zero-order valence-corrected chi connectivity index (χ0v) is 39.1. The van der Waals surface area contributed by atoms with E-state index in [1.807, 2.05) is 0 Å². The summed E-state index contributed by atoms with van der Waals surface area (Å²) < 4.78 is 2.55. The van der Waals surface area contributed by atoms with Gasteiger partial charge in [-0.2, -0.15) is 0 Å². The van der Waals surface area contributed by atoms with Gasteiger partial charge >= 0.3 is 0 Å². The van der Waals surface area contributed by atoms with Crippen LogP contribution in [0.1, 0.15) is 67.7 Å². The van der Waals surface area contributed by atoms with Crippen molar-refractivity contribution < 1.29 is 0 Å². The molecule has 0 radical (unpaired) electrons. The van der Waals surface area contributed by atoms with Crippen LogP contribution in [-0.2, 0) is 6.42 Å². The largest absolute Gasteiger partial charge is 0.361 e. The van der Waals surface area contributed by atoms with Crippen LogP contribution in [0, 0.1) is 29.6 Å². The molecular weight excluding hydrogens is 839 g/mol. The standard InChI is InChI=1S/C64H57N5/c1-2-16-45(17-3-1)67-56-24-12-9-20-49(56)53-38-43(30-35-58(53)67)44-31-36-59-54(39-44)50-21-10-13-25-57(50)69(59)64-65-55-23-11-8-22-51(55)62(66-64)42-26-32-46(33-27-42)68-60-37-29-40-14-4-6-18-47(40)61(60)52-34-28-41-15-5-7-19-48(41)63(52)68/h1-5,7-9,11-17,19,22-23,25-26,28-37,39,42-43,49-50,53-54,56-59H,6,10,18,20-21,24,27,38H2. The monoisotopic (exact) mass is 895 g/mol. The Balaban J connectivity index is 0.767. The fourth-order valence-electron chi connectivity index (χ4n) is 14.9. The number of rotatable bonds is 5. The minimum atomic E-state index is 0.127. The van der Waals surface area contributed by atoms with Gasteiger partial charge in [-0.15, -0.1) is 0 Å². The first-order valence-electron chi connectivity index (χ1n) is 26.0. The molecule has 2 saturated heterocycles. The molecule has 0 spiro atoms. The molecule has 0 amide bonds. The summed E-state index contributed by atoms with van der Waals surface area (Å²) in [5.41, 5.74) is 11.7. The Hall–Kier alpha value is -6.98. The van der Waals surface area contributed by atoms with Gasteiger partial charge in [0.2, 0.25) is 5.95 Å². The number of hydrogen-bond donors (Lipinski definition) is 0. The second-order valence-electron chi connectivity index (χ2n) is 21.2. The number of fused-ring (bicyclic) bond motifs is 14. The maximum Gasteiger partial charge on any atom is 0.227 e. The van der Waals surface area contributed by atoms with Crippen LogP contribution in [0.15, 0.2) is 188 Å². The summed E-state index contributed by atoms with van der Waals surface area (Å²) in [5.74, 6) is 3.74. The molecule has 15 rings (SSSR count). The lowest BCUT2D eigenvalue weighted by Crippen LogP contribution is -2.39. The Morgan fingerprint density at radius 1 is 0.565 bits per heavy atom. The van der Waals surface area contributed by atoms with Gasteiger partial charge < -0.3 is 14.4 Å². The molecule has 0 bridgehead atoms. The number of hydrogen-bond acceptors (Lipinski definition) is 4. The fraction of sp³-hybridized carbons (Fsp3) is 0.281. The number of aromatic nitrogens is 3. The molecule has 338 valence electrons. The van der Waals surface area contributed by atoms with Gasteiger partial charge in [0.05, 0.1) is 40.4 Å². The van der Waals surface area contributed by atoms with Crippen molar-refractivity contribution >= 4 is 66.9 Å². The van der Waals surface area contributed by atoms with Gasteiger partial charge in [-0.25, -0.2) is 9.97 Å². The van der Waals surface area contributed by atoms with Crippen LogP contribution in [0.25, 0.3) is 55.3 Å². The Kier molecular flexibility index (Phi) is 9.14. The number of nitrogens with zero attached hydrogens (tertiary/aromatic N) is 5. The van der Waals surface area contributed by atoms with Crippen molar-refractivity contribution in [1.82, 2.24) is 14.5 Å². The van der Waals surface area contributed by atoms with Gasteiger partial charge in [0, 0.05) is 56.7 Å². The van der Waals surface area contributed by atoms with Crippen molar-refractivity contribution in [3.05, 3.63) is 205 Å². The summed E-state index contributed by atoms with van der Waals surface area (Å²) in [6.45, 7) is 0. The smallest absolute Gasteiger partial charge is 0.227 e. The van der Waals surface area contributed by atoms with Crippen LogP contribution in [0.4, 0.5) is 11.6 Å². The molecule has 10 atom stereocenters. The van der Waals surface area contributed by atoms with E-state index >= 15 is 0 Å². The number of anilines is 2. The molecule has 2 fully saturated rings. The van der Waals surface area contributed by atoms with Crippen LogP contribution in [0.2, 0.25) is 0 Å². The van der Waals surface area contributed by atoms with E-state index in [0.29, 0.717) is 41.7 Å². The van der Waals surface area contributed by atoms with Gasteiger partial charge in [0.1, 0.15) is 0 Å². The van der Waals surface area contributed by atoms with Crippen molar-refractivity contribution in [3.8, 4) is 0 Å². The summed E-state index contributed by atoms with van der Waals surface area (Å²) in [4.78, 5) is 16.5. The molecular formula is C64H57N5. The average Bonchev–Trinajstić information content (AvgIpc) is 4.06. The van der Waals surface area contributed by atoms with Crippen molar-refractivity contribution in [2.24, 2.45) is 29.6 Å². The highest BCUT2D eigenvalue weighted by Gasteiger charge is 2.51. The molecule has 0 N–H and O–H groups in total. The third-order valence-corrected chi connectivity index (χ3v) is 17.9. The third-order valence-electron chi connectivity index (χ3n) is 17.9. The molecule has 4 heterocycles. The van der Waals surface area contributed by atoms with E-state index in [4.69, 9.17) is 9.97 Å². The molecule has 69 heavy (non-hydrogen) atoms. The van der Waals surface area contributed by atoms with E-state index in [9.17, 15) is 0 Å². The van der Waals surface area contributed by atoms with Crippen LogP contribution in [-0.4, -0.2) is 38.7 Å². The first-order chi connectivity index (χ1) is 34.2. The minimum Gasteiger partial charge on any atom is -0.361 e. The molecule has 5 nitrogen and oxygen atoms in total. The Labute approximate surface area is 404 Å².